The molecule has 0 radical (unpaired) electrons. The van der Waals surface area contributed by atoms with Crippen molar-refractivity contribution in [1.82, 2.24) is 4.90 Å². The summed E-state index contributed by atoms with van der Waals surface area (Å²) in [4.78, 5) is 12.8. The van der Waals surface area contributed by atoms with Gasteiger partial charge in [0.2, 0.25) is 0 Å². The molecule has 1 amide bonds. The molecule has 0 saturated heterocycles. The second kappa shape index (κ2) is 7.14. The summed E-state index contributed by atoms with van der Waals surface area (Å²) in [6.45, 7) is 4.09. The van der Waals surface area contributed by atoms with Crippen LogP contribution >= 0.6 is 0 Å². The van der Waals surface area contributed by atoms with Gasteiger partial charge in [-0.25, -0.2) is 4.79 Å². The summed E-state index contributed by atoms with van der Waals surface area (Å²) < 4.78 is 0. The molecule has 2 N–H and O–H groups in total. The molecule has 0 heterocycles. The molecule has 0 aliphatic heterocycles. The van der Waals surface area contributed by atoms with Gasteiger partial charge in [-0.3, -0.25) is 0 Å². The van der Waals surface area contributed by atoms with Crippen molar-refractivity contribution in [1.29, 1.82) is 0 Å². The zero-order valence-electron chi connectivity index (χ0n) is 11.7. The van der Waals surface area contributed by atoms with Crippen molar-refractivity contribution in [2.45, 2.75) is 38.6 Å². The first-order chi connectivity index (χ1) is 9.03. The molecular weight excluding hydrogens is 242 g/mol. The summed E-state index contributed by atoms with van der Waals surface area (Å²) in [5.41, 5.74) is 0.254. The third-order valence-electron chi connectivity index (χ3n) is 3.39. The summed E-state index contributed by atoms with van der Waals surface area (Å²) in [5, 5.41) is 19.0. The van der Waals surface area contributed by atoms with E-state index in [1.807, 2.05) is 37.3 Å². The predicted octanol–water partition coefficient (Wildman–Crippen LogP) is 2.76. The fourth-order valence-electron chi connectivity index (χ4n) is 2.18. The highest BCUT2D eigenvalue weighted by atomic mass is 16.4. The SMILES string of the molecule is CCCCN(C(=O)O)C(C)(CO)Cc1ccccc1. The normalized spacial score (nSPS) is 13.8. The van der Waals surface area contributed by atoms with Crippen LogP contribution in [0.5, 0.6) is 0 Å². The van der Waals surface area contributed by atoms with Crippen LogP contribution < -0.4 is 0 Å². The minimum atomic E-state index is -0.971. The van der Waals surface area contributed by atoms with Crippen molar-refractivity contribution in [2.24, 2.45) is 0 Å². The van der Waals surface area contributed by atoms with E-state index in [1.54, 1.807) is 6.92 Å². The van der Waals surface area contributed by atoms with Crippen LogP contribution in [-0.2, 0) is 6.42 Å². The van der Waals surface area contributed by atoms with Gasteiger partial charge in [0.25, 0.3) is 0 Å². The molecule has 19 heavy (non-hydrogen) atoms. The Balaban J connectivity index is 2.89. The number of amides is 1. The van der Waals surface area contributed by atoms with Crippen molar-refractivity contribution < 1.29 is 15.0 Å². The molecule has 0 saturated carbocycles. The average molecular weight is 265 g/mol. The van der Waals surface area contributed by atoms with E-state index in [-0.39, 0.29) is 6.61 Å². The molecule has 106 valence electrons. The van der Waals surface area contributed by atoms with Gasteiger partial charge in [-0.1, -0.05) is 43.7 Å². The molecule has 1 unspecified atom stereocenters. The van der Waals surface area contributed by atoms with Gasteiger partial charge in [0, 0.05) is 6.54 Å². The number of rotatable bonds is 7. The van der Waals surface area contributed by atoms with Crippen LogP contribution in [0.3, 0.4) is 0 Å². The van der Waals surface area contributed by atoms with Crippen molar-refractivity contribution in [3.63, 3.8) is 0 Å². The minimum Gasteiger partial charge on any atom is -0.465 e. The van der Waals surface area contributed by atoms with Crippen LogP contribution in [0.15, 0.2) is 30.3 Å². The molecule has 0 spiro atoms. The van der Waals surface area contributed by atoms with Crippen LogP contribution in [0.4, 0.5) is 4.79 Å². The molecule has 4 heteroatoms. The maximum atomic E-state index is 11.4. The molecule has 1 aromatic rings. The molecule has 1 atom stereocenters. The van der Waals surface area contributed by atoms with E-state index in [9.17, 15) is 15.0 Å². The summed E-state index contributed by atoms with van der Waals surface area (Å²) in [6.07, 6.45) is 1.27. The van der Waals surface area contributed by atoms with Crippen LogP contribution in [0, 0.1) is 0 Å². The second-order valence-electron chi connectivity index (χ2n) is 5.11. The van der Waals surface area contributed by atoms with E-state index in [0.717, 1.165) is 18.4 Å². The highest BCUT2D eigenvalue weighted by Crippen LogP contribution is 2.21. The van der Waals surface area contributed by atoms with Gasteiger partial charge in [-0.15, -0.1) is 0 Å². The van der Waals surface area contributed by atoms with E-state index in [0.29, 0.717) is 13.0 Å². The molecule has 0 aliphatic carbocycles. The Bertz CT molecular complexity index is 394. The number of aliphatic hydroxyl groups is 1. The molecule has 0 bridgehead atoms. The fraction of sp³-hybridized carbons (Fsp3) is 0.533. The van der Waals surface area contributed by atoms with Gasteiger partial charge < -0.3 is 15.1 Å². The first-order valence-electron chi connectivity index (χ1n) is 6.69. The molecule has 0 fully saturated rings. The van der Waals surface area contributed by atoms with E-state index in [2.05, 4.69) is 0 Å². The summed E-state index contributed by atoms with van der Waals surface area (Å²) in [7, 11) is 0. The number of unbranched alkanes of at least 4 members (excludes halogenated alkanes) is 1. The highest BCUT2D eigenvalue weighted by molar-refractivity contribution is 5.66. The van der Waals surface area contributed by atoms with E-state index in [1.165, 1.54) is 4.90 Å². The number of hydrogen-bond acceptors (Lipinski definition) is 2. The van der Waals surface area contributed by atoms with Crippen LogP contribution in [0.2, 0.25) is 0 Å². The van der Waals surface area contributed by atoms with Crippen molar-refractivity contribution in [3.8, 4) is 0 Å². The third-order valence-corrected chi connectivity index (χ3v) is 3.39. The molecule has 0 aromatic heterocycles. The first-order valence-corrected chi connectivity index (χ1v) is 6.69. The van der Waals surface area contributed by atoms with Gasteiger partial charge in [0.15, 0.2) is 0 Å². The van der Waals surface area contributed by atoms with Crippen molar-refractivity contribution in [2.75, 3.05) is 13.2 Å². The van der Waals surface area contributed by atoms with Gasteiger partial charge >= 0.3 is 6.09 Å². The van der Waals surface area contributed by atoms with Gasteiger partial charge in [0.1, 0.15) is 0 Å². The minimum absolute atomic E-state index is 0.183. The van der Waals surface area contributed by atoms with Crippen LogP contribution in [0.25, 0.3) is 0 Å². The lowest BCUT2D eigenvalue weighted by atomic mass is 9.91. The number of nitrogens with zero attached hydrogens (tertiary/aromatic N) is 1. The maximum absolute atomic E-state index is 11.4. The molecule has 4 nitrogen and oxygen atoms in total. The Labute approximate surface area is 114 Å². The number of hydrogen-bond donors (Lipinski definition) is 2. The zero-order valence-corrected chi connectivity index (χ0v) is 11.7. The molecular formula is C15H23NO3. The smallest absolute Gasteiger partial charge is 0.407 e. The monoisotopic (exact) mass is 265 g/mol. The Morgan fingerprint density at radius 2 is 1.95 bits per heavy atom. The Morgan fingerprint density at radius 1 is 1.32 bits per heavy atom. The van der Waals surface area contributed by atoms with E-state index < -0.39 is 11.6 Å². The number of carbonyl (C=O) groups is 1. The standard InChI is InChI=1S/C15H23NO3/c1-3-4-10-16(14(18)19)15(2,12-17)11-13-8-6-5-7-9-13/h5-9,17H,3-4,10-12H2,1-2H3,(H,18,19). The Hall–Kier alpha value is -1.55. The lowest BCUT2D eigenvalue weighted by molar-refractivity contribution is 0.0429. The maximum Gasteiger partial charge on any atom is 0.407 e. The van der Waals surface area contributed by atoms with E-state index >= 15 is 0 Å². The second-order valence-corrected chi connectivity index (χ2v) is 5.11. The average Bonchev–Trinajstić information content (AvgIpc) is 2.40. The Morgan fingerprint density at radius 3 is 2.42 bits per heavy atom. The zero-order chi connectivity index (χ0) is 14.3. The highest BCUT2D eigenvalue weighted by Gasteiger charge is 2.34. The van der Waals surface area contributed by atoms with Gasteiger partial charge in [-0.05, 0) is 25.3 Å². The summed E-state index contributed by atoms with van der Waals surface area (Å²) in [5.74, 6) is 0. The molecule has 0 aliphatic rings. The van der Waals surface area contributed by atoms with Crippen LogP contribution in [-0.4, -0.2) is 39.9 Å². The van der Waals surface area contributed by atoms with E-state index in [4.69, 9.17) is 0 Å². The lowest BCUT2D eigenvalue weighted by Crippen LogP contribution is -2.53. The predicted molar refractivity (Wildman–Crippen MR) is 75.3 cm³/mol. The van der Waals surface area contributed by atoms with Crippen molar-refractivity contribution >= 4 is 6.09 Å². The van der Waals surface area contributed by atoms with Gasteiger partial charge in [0.05, 0.1) is 12.1 Å². The quantitative estimate of drug-likeness (QED) is 0.797. The van der Waals surface area contributed by atoms with Crippen molar-refractivity contribution in [3.05, 3.63) is 35.9 Å². The molecule has 1 aromatic carbocycles. The lowest BCUT2D eigenvalue weighted by Gasteiger charge is -2.38. The first kappa shape index (κ1) is 15.5. The summed E-state index contributed by atoms with van der Waals surface area (Å²) in [6, 6.07) is 9.67. The van der Waals surface area contributed by atoms with Crippen LogP contribution in [0.1, 0.15) is 32.3 Å². The summed E-state index contributed by atoms with van der Waals surface area (Å²) >= 11 is 0. The topological polar surface area (TPSA) is 60.8 Å². The van der Waals surface area contributed by atoms with Gasteiger partial charge in [-0.2, -0.15) is 0 Å². The number of benzene rings is 1. The molecule has 1 rings (SSSR count). The number of carboxylic acid groups (broad SMARTS) is 1. The number of aliphatic hydroxyl groups excluding tert-OH is 1. The Kier molecular flexibility index (Phi) is 5.83. The third kappa shape index (κ3) is 4.24. The fourth-order valence-corrected chi connectivity index (χ4v) is 2.18. The largest absolute Gasteiger partial charge is 0.465 e.